The first-order valence-electron chi connectivity index (χ1n) is 6.13. The fourth-order valence-corrected chi connectivity index (χ4v) is 2.67. The number of nitrogens with zero attached hydrogens (tertiary/aromatic N) is 4. The van der Waals surface area contributed by atoms with Crippen molar-refractivity contribution in [3.05, 3.63) is 28.2 Å². The zero-order valence-electron chi connectivity index (χ0n) is 11.1. The highest BCUT2D eigenvalue weighted by molar-refractivity contribution is 7.10. The van der Waals surface area contributed by atoms with E-state index in [2.05, 4.69) is 59.1 Å². The number of tetrazole rings is 1. The number of thiophene rings is 1. The number of nitrogens with one attached hydrogen (secondary N) is 1. The summed E-state index contributed by atoms with van der Waals surface area (Å²) in [6.07, 6.45) is 0. The van der Waals surface area contributed by atoms with Crippen LogP contribution in [0.15, 0.2) is 17.5 Å². The zero-order valence-corrected chi connectivity index (χ0v) is 11.9. The van der Waals surface area contributed by atoms with Crippen molar-refractivity contribution in [2.45, 2.75) is 39.3 Å². The highest BCUT2D eigenvalue weighted by atomic mass is 32.1. The van der Waals surface area contributed by atoms with Crippen LogP contribution in [0, 0.1) is 0 Å². The molecule has 0 spiro atoms. The van der Waals surface area contributed by atoms with Crippen LogP contribution >= 0.6 is 11.3 Å². The van der Waals surface area contributed by atoms with Gasteiger partial charge >= 0.3 is 0 Å². The summed E-state index contributed by atoms with van der Waals surface area (Å²) in [4.78, 5) is 1.35. The maximum atomic E-state index is 4.08. The van der Waals surface area contributed by atoms with Crippen molar-refractivity contribution >= 4 is 11.3 Å². The average Bonchev–Trinajstić information content (AvgIpc) is 2.97. The molecule has 2 rings (SSSR count). The summed E-state index contributed by atoms with van der Waals surface area (Å²) in [5.74, 6) is 0.890. The predicted molar refractivity (Wildman–Crippen MR) is 72.5 cm³/mol. The Morgan fingerprint density at radius 3 is 2.94 bits per heavy atom. The van der Waals surface area contributed by atoms with E-state index in [4.69, 9.17) is 0 Å². The minimum Gasteiger partial charge on any atom is -0.310 e. The van der Waals surface area contributed by atoms with E-state index >= 15 is 0 Å². The van der Waals surface area contributed by atoms with Crippen molar-refractivity contribution in [1.82, 2.24) is 25.5 Å². The van der Waals surface area contributed by atoms with E-state index in [0.717, 1.165) is 18.9 Å². The molecular formula is C12H19N5S. The molecule has 1 N–H and O–H groups in total. The molecular weight excluding hydrogens is 246 g/mol. The SMILES string of the molecule is CCNCc1nnnn1CC(C)(C)c1cccs1. The van der Waals surface area contributed by atoms with E-state index < -0.39 is 0 Å². The topological polar surface area (TPSA) is 55.6 Å². The second-order valence-electron chi connectivity index (χ2n) is 4.89. The highest BCUT2D eigenvalue weighted by Crippen LogP contribution is 2.28. The van der Waals surface area contributed by atoms with Gasteiger partial charge in [0.25, 0.3) is 0 Å². The molecule has 2 aromatic rings. The van der Waals surface area contributed by atoms with Gasteiger partial charge in [0.1, 0.15) is 0 Å². The monoisotopic (exact) mass is 265 g/mol. The Kier molecular flexibility index (Phi) is 4.08. The van der Waals surface area contributed by atoms with E-state index in [0.29, 0.717) is 6.54 Å². The van der Waals surface area contributed by atoms with Gasteiger partial charge in [-0.05, 0) is 28.4 Å². The smallest absolute Gasteiger partial charge is 0.165 e. The zero-order chi connectivity index (χ0) is 13.0. The Morgan fingerprint density at radius 2 is 2.28 bits per heavy atom. The molecule has 0 radical (unpaired) electrons. The second-order valence-corrected chi connectivity index (χ2v) is 5.84. The standard InChI is InChI=1S/C12H19N5S/c1-4-13-8-11-14-15-16-17(11)9-12(2,3)10-6-5-7-18-10/h5-7,13H,4,8-9H2,1-3H3. The van der Waals surface area contributed by atoms with Crippen molar-refractivity contribution in [3.8, 4) is 0 Å². The summed E-state index contributed by atoms with van der Waals surface area (Å²) in [5.41, 5.74) is 0.0461. The average molecular weight is 265 g/mol. The maximum Gasteiger partial charge on any atom is 0.165 e. The van der Waals surface area contributed by atoms with Crippen LogP contribution in [0.25, 0.3) is 0 Å². The Labute approximate surface area is 111 Å². The Morgan fingerprint density at radius 1 is 1.44 bits per heavy atom. The number of hydrogen-bond donors (Lipinski definition) is 1. The van der Waals surface area contributed by atoms with E-state index in [9.17, 15) is 0 Å². The first kappa shape index (κ1) is 13.2. The third kappa shape index (κ3) is 2.94. The van der Waals surface area contributed by atoms with Gasteiger partial charge in [0.2, 0.25) is 0 Å². The molecule has 0 aliphatic heterocycles. The molecule has 0 aliphatic carbocycles. The van der Waals surface area contributed by atoms with Crippen molar-refractivity contribution in [2.24, 2.45) is 0 Å². The Balaban J connectivity index is 2.11. The molecule has 0 unspecified atom stereocenters. The fraction of sp³-hybridized carbons (Fsp3) is 0.583. The number of aromatic nitrogens is 4. The normalized spacial score (nSPS) is 11.9. The van der Waals surface area contributed by atoms with Gasteiger partial charge in [0.05, 0.1) is 13.1 Å². The molecule has 5 nitrogen and oxygen atoms in total. The summed E-state index contributed by atoms with van der Waals surface area (Å²) < 4.78 is 1.89. The third-order valence-corrected chi connectivity index (χ3v) is 4.11. The lowest BCUT2D eigenvalue weighted by Crippen LogP contribution is -2.27. The Hall–Kier alpha value is -1.27. The van der Waals surface area contributed by atoms with Crippen LogP contribution in [0.4, 0.5) is 0 Å². The molecule has 18 heavy (non-hydrogen) atoms. The molecule has 0 aromatic carbocycles. The van der Waals surface area contributed by atoms with Crippen molar-refractivity contribution in [2.75, 3.05) is 6.54 Å². The van der Waals surface area contributed by atoms with Crippen molar-refractivity contribution in [1.29, 1.82) is 0 Å². The molecule has 0 atom stereocenters. The van der Waals surface area contributed by atoms with Crippen LogP contribution in [0.5, 0.6) is 0 Å². The van der Waals surface area contributed by atoms with Gasteiger partial charge in [-0.2, -0.15) is 0 Å². The summed E-state index contributed by atoms with van der Waals surface area (Å²) in [5, 5.41) is 17.3. The molecule has 2 aromatic heterocycles. The van der Waals surface area contributed by atoms with Crippen LogP contribution in [0.3, 0.4) is 0 Å². The largest absolute Gasteiger partial charge is 0.310 e. The number of hydrogen-bond acceptors (Lipinski definition) is 5. The molecule has 2 heterocycles. The minimum atomic E-state index is 0.0461. The number of rotatable bonds is 6. The predicted octanol–water partition coefficient (Wildman–Crippen LogP) is 1.82. The van der Waals surface area contributed by atoms with Crippen molar-refractivity contribution < 1.29 is 0 Å². The van der Waals surface area contributed by atoms with E-state index in [1.54, 1.807) is 11.3 Å². The van der Waals surface area contributed by atoms with Crippen LogP contribution in [0.1, 0.15) is 31.5 Å². The summed E-state index contributed by atoms with van der Waals surface area (Å²) >= 11 is 1.78. The minimum absolute atomic E-state index is 0.0461. The third-order valence-electron chi connectivity index (χ3n) is 2.87. The lowest BCUT2D eigenvalue weighted by molar-refractivity contribution is 0.395. The molecule has 0 saturated carbocycles. The molecule has 0 fully saturated rings. The van der Waals surface area contributed by atoms with E-state index in [1.165, 1.54) is 4.88 Å². The molecule has 0 saturated heterocycles. The van der Waals surface area contributed by atoms with E-state index in [1.807, 2.05) is 4.68 Å². The summed E-state index contributed by atoms with van der Waals surface area (Å²) in [6.45, 7) is 8.94. The highest BCUT2D eigenvalue weighted by Gasteiger charge is 2.24. The van der Waals surface area contributed by atoms with Gasteiger partial charge in [0, 0.05) is 10.3 Å². The maximum absolute atomic E-state index is 4.08. The first-order valence-corrected chi connectivity index (χ1v) is 7.01. The van der Waals surface area contributed by atoms with Crippen LogP contribution < -0.4 is 5.32 Å². The van der Waals surface area contributed by atoms with Crippen LogP contribution in [-0.4, -0.2) is 26.8 Å². The van der Waals surface area contributed by atoms with Crippen LogP contribution in [0.2, 0.25) is 0 Å². The fourth-order valence-electron chi connectivity index (χ4n) is 1.83. The lowest BCUT2D eigenvalue weighted by Gasteiger charge is -2.23. The van der Waals surface area contributed by atoms with Gasteiger partial charge in [-0.1, -0.05) is 26.8 Å². The lowest BCUT2D eigenvalue weighted by atomic mass is 9.91. The van der Waals surface area contributed by atoms with Gasteiger partial charge in [-0.25, -0.2) is 4.68 Å². The quantitative estimate of drug-likeness (QED) is 0.865. The van der Waals surface area contributed by atoms with Crippen molar-refractivity contribution in [3.63, 3.8) is 0 Å². The first-order chi connectivity index (χ1) is 8.63. The molecule has 0 bridgehead atoms. The summed E-state index contributed by atoms with van der Waals surface area (Å²) in [7, 11) is 0. The molecule has 98 valence electrons. The second kappa shape index (κ2) is 5.58. The van der Waals surface area contributed by atoms with Gasteiger partial charge in [-0.3, -0.25) is 0 Å². The summed E-state index contributed by atoms with van der Waals surface area (Å²) in [6, 6.07) is 4.25. The van der Waals surface area contributed by atoms with E-state index in [-0.39, 0.29) is 5.41 Å². The molecule has 0 amide bonds. The molecule has 0 aliphatic rings. The Bertz CT molecular complexity index is 474. The van der Waals surface area contributed by atoms with Gasteiger partial charge < -0.3 is 5.32 Å². The molecule has 6 heteroatoms. The van der Waals surface area contributed by atoms with Gasteiger partial charge in [0.15, 0.2) is 5.82 Å². The van der Waals surface area contributed by atoms with Gasteiger partial charge in [-0.15, -0.1) is 16.4 Å². The van der Waals surface area contributed by atoms with Crippen LogP contribution in [-0.2, 0) is 18.5 Å².